The van der Waals surface area contributed by atoms with Gasteiger partial charge in [-0.15, -0.1) is 0 Å². The molecule has 2 amide bonds. The number of ether oxygens (including phenoxy) is 1. The van der Waals surface area contributed by atoms with Gasteiger partial charge in [0, 0.05) is 39.3 Å². The molecule has 4 rings (SSSR count). The van der Waals surface area contributed by atoms with Gasteiger partial charge in [0.25, 0.3) is 0 Å². The first-order valence-corrected chi connectivity index (χ1v) is 9.17. The van der Waals surface area contributed by atoms with Crippen molar-refractivity contribution in [2.24, 2.45) is 5.92 Å². The van der Waals surface area contributed by atoms with Crippen LogP contribution in [0.5, 0.6) is 0 Å². The number of furan rings is 1. The number of nitrogens with zero attached hydrogens (tertiary/aromatic N) is 2. The zero-order valence-electron chi connectivity index (χ0n) is 14.2. The van der Waals surface area contributed by atoms with Gasteiger partial charge in [0.2, 0.25) is 0 Å². The van der Waals surface area contributed by atoms with Crippen LogP contribution in [-0.4, -0.2) is 60.8 Å². The summed E-state index contributed by atoms with van der Waals surface area (Å²) in [4.78, 5) is 16.4. The fraction of sp³-hybridized carbons (Fsp3) is 0.722. The molecule has 4 heterocycles. The Hall–Kier alpha value is -1.53. The number of rotatable bonds is 5. The van der Waals surface area contributed by atoms with Crippen LogP contribution in [0.1, 0.15) is 31.4 Å². The SMILES string of the molecule is O=C(NCC[C@H]1CCOC12CN(Cc1ccco1)C2)N1CCCC1. The molecule has 3 saturated heterocycles. The van der Waals surface area contributed by atoms with Crippen LogP contribution >= 0.6 is 0 Å². The van der Waals surface area contributed by atoms with Crippen LogP contribution < -0.4 is 5.32 Å². The van der Waals surface area contributed by atoms with Crippen LogP contribution in [0.15, 0.2) is 22.8 Å². The molecule has 1 N–H and O–H groups in total. The molecule has 6 nitrogen and oxygen atoms in total. The molecule has 1 aromatic rings. The van der Waals surface area contributed by atoms with Crippen LogP contribution in [0.3, 0.4) is 0 Å². The highest BCUT2D eigenvalue weighted by Gasteiger charge is 2.52. The number of carbonyl (C=O) groups is 1. The third-order valence-electron chi connectivity index (χ3n) is 5.70. The number of carbonyl (C=O) groups excluding carboxylic acids is 1. The summed E-state index contributed by atoms with van der Waals surface area (Å²) in [6, 6.07) is 4.06. The number of likely N-dealkylation sites (tertiary alicyclic amines) is 2. The maximum absolute atomic E-state index is 12.1. The lowest BCUT2D eigenvalue weighted by Crippen LogP contribution is -2.64. The molecule has 1 atom stereocenters. The fourth-order valence-corrected chi connectivity index (χ4v) is 4.37. The van der Waals surface area contributed by atoms with Crippen molar-refractivity contribution in [1.29, 1.82) is 0 Å². The average Bonchev–Trinajstić information content (AvgIpc) is 3.28. The molecular weight excluding hydrogens is 306 g/mol. The maximum Gasteiger partial charge on any atom is 0.317 e. The van der Waals surface area contributed by atoms with Gasteiger partial charge >= 0.3 is 6.03 Å². The van der Waals surface area contributed by atoms with E-state index >= 15 is 0 Å². The lowest BCUT2D eigenvalue weighted by molar-refractivity contribution is -0.138. The second-order valence-corrected chi connectivity index (χ2v) is 7.34. The van der Waals surface area contributed by atoms with Crippen molar-refractivity contribution < 1.29 is 13.9 Å². The smallest absolute Gasteiger partial charge is 0.317 e. The van der Waals surface area contributed by atoms with Crippen molar-refractivity contribution in [3.8, 4) is 0 Å². The second kappa shape index (κ2) is 6.76. The highest BCUT2D eigenvalue weighted by molar-refractivity contribution is 5.74. The second-order valence-electron chi connectivity index (χ2n) is 7.34. The van der Waals surface area contributed by atoms with E-state index < -0.39 is 0 Å². The van der Waals surface area contributed by atoms with Gasteiger partial charge in [0.05, 0.1) is 18.4 Å². The summed E-state index contributed by atoms with van der Waals surface area (Å²) in [6.45, 7) is 6.21. The van der Waals surface area contributed by atoms with E-state index in [1.54, 1.807) is 6.26 Å². The largest absolute Gasteiger partial charge is 0.468 e. The first kappa shape index (κ1) is 16.0. The summed E-state index contributed by atoms with van der Waals surface area (Å²) in [5.74, 6) is 1.56. The first-order valence-electron chi connectivity index (χ1n) is 9.17. The summed E-state index contributed by atoms with van der Waals surface area (Å²) < 4.78 is 11.5. The number of nitrogens with one attached hydrogen (secondary N) is 1. The monoisotopic (exact) mass is 333 g/mol. The zero-order chi connectivity index (χ0) is 16.4. The average molecular weight is 333 g/mol. The molecule has 0 aromatic carbocycles. The molecule has 0 unspecified atom stereocenters. The molecule has 1 spiro atoms. The summed E-state index contributed by atoms with van der Waals surface area (Å²) in [7, 11) is 0. The summed E-state index contributed by atoms with van der Waals surface area (Å²) in [6.07, 6.45) is 6.11. The molecule has 132 valence electrons. The van der Waals surface area contributed by atoms with Gasteiger partial charge in [-0.1, -0.05) is 0 Å². The minimum Gasteiger partial charge on any atom is -0.468 e. The van der Waals surface area contributed by atoms with E-state index in [-0.39, 0.29) is 11.6 Å². The highest BCUT2D eigenvalue weighted by Crippen LogP contribution is 2.42. The standard InChI is InChI=1S/C18H27N3O3/c22-17(21-8-1-2-9-21)19-7-5-15-6-11-24-18(15)13-20(14-18)12-16-4-3-10-23-16/h3-4,10,15H,1-2,5-9,11-14H2,(H,19,22)/t15-/m0/s1. The number of urea groups is 1. The van der Waals surface area contributed by atoms with Crippen LogP contribution in [0, 0.1) is 5.92 Å². The minimum absolute atomic E-state index is 0.00493. The third kappa shape index (κ3) is 3.17. The van der Waals surface area contributed by atoms with Gasteiger partial charge in [-0.3, -0.25) is 4.90 Å². The van der Waals surface area contributed by atoms with E-state index in [9.17, 15) is 4.79 Å². The van der Waals surface area contributed by atoms with E-state index in [4.69, 9.17) is 9.15 Å². The predicted molar refractivity (Wildman–Crippen MR) is 89.6 cm³/mol. The van der Waals surface area contributed by atoms with Gasteiger partial charge < -0.3 is 19.4 Å². The number of hydrogen-bond donors (Lipinski definition) is 1. The Labute approximate surface area is 143 Å². The topological polar surface area (TPSA) is 58.0 Å². The molecule has 0 radical (unpaired) electrons. The maximum atomic E-state index is 12.1. The number of hydrogen-bond acceptors (Lipinski definition) is 4. The Bertz CT molecular complexity index is 548. The molecule has 6 heteroatoms. The molecule has 0 aliphatic carbocycles. The quantitative estimate of drug-likeness (QED) is 0.896. The van der Waals surface area contributed by atoms with Crippen LogP contribution in [0.4, 0.5) is 4.79 Å². The number of amides is 2. The van der Waals surface area contributed by atoms with Crippen molar-refractivity contribution >= 4 is 6.03 Å². The normalized spacial score (nSPS) is 26.0. The fourth-order valence-electron chi connectivity index (χ4n) is 4.37. The van der Waals surface area contributed by atoms with E-state index in [1.807, 2.05) is 17.0 Å². The summed E-state index contributed by atoms with van der Waals surface area (Å²) >= 11 is 0. The van der Waals surface area contributed by atoms with Crippen LogP contribution in [-0.2, 0) is 11.3 Å². The summed E-state index contributed by atoms with van der Waals surface area (Å²) in [5, 5.41) is 3.09. The van der Waals surface area contributed by atoms with Crippen molar-refractivity contribution in [2.75, 3.05) is 39.3 Å². The van der Waals surface area contributed by atoms with Gasteiger partial charge in [-0.25, -0.2) is 4.79 Å². The van der Waals surface area contributed by atoms with Crippen molar-refractivity contribution in [2.45, 2.75) is 37.8 Å². The Morgan fingerprint density at radius 2 is 2.17 bits per heavy atom. The minimum atomic E-state index is 0.00493. The lowest BCUT2D eigenvalue weighted by atomic mass is 9.79. The Kier molecular flexibility index (Phi) is 4.50. The molecule has 3 aliphatic heterocycles. The molecule has 3 fully saturated rings. The third-order valence-corrected chi connectivity index (χ3v) is 5.70. The molecule has 3 aliphatic rings. The highest BCUT2D eigenvalue weighted by atomic mass is 16.5. The Morgan fingerprint density at radius 1 is 1.33 bits per heavy atom. The molecular formula is C18H27N3O3. The Balaban J connectivity index is 1.22. The van der Waals surface area contributed by atoms with E-state index in [0.717, 1.165) is 77.3 Å². The van der Waals surface area contributed by atoms with Crippen molar-refractivity contribution in [1.82, 2.24) is 15.1 Å². The first-order chi connectivity index (χ1) is 11.8. The van der Waals surface area contributed by atoms with Gasteiger partial charge in [0.1, 0.15) is 5.76 Å². The Morgan fingerprint density at radius 3 is 2.92 bits per heavy atom. The van der Waals surface area contributed by atoms with E-state index in [2.05, 4.69) is 10.2 Å². The van der Waals surface area contributed by atoms with E-state index in [0.29, 0.717) is 5.92 Å². The molecule has 0 saturated carbocycles. The van der Waals surface area contributed by atoms with Crippen molar-refractivity contribution in [3.05, 3.63) is 24.2 Å². The molecule has 24 heavy (non-hydrogen) atoms. The van der Waals surface area contributed by atoms with Crippen LogP contribution in [0.25, 0.3) is 0 Å². The zero-order valence-corrected chi connectivity index (χ0v) is 14.2. The summed E-state index contributed by atoms with van der Waals surface area (Å²) in [5.41, 5.74) is 0.00493. The van der Waals surface area contributed by atoms with E-state index in [1.165, 1.54) is 0 Å². The van der Waals surface area contributed by atoms with Crippen molar-refractivity contribution in [3.63, 3.8) is 0 Å². The molecule has 1 aromatic heterocycles. The van der Waals surface area contributed by atoms with Gasteiger partial charge in [0.15, 0.2) is 0 Å². The molecule has 0 bridgehead atoms. The van der Waals surface area contributed by atoms with Gasteiger partial charge in [-0.2, -0.15) is 0 Å². The van der Waals surface area contributed by atoms with Crippen LogP contribution in [0.2, 0.25) is 0 Å². The predicted octanol–water partition coefficient (Wildman–Crippen LogP) is 2.07. The lowest BCUT2D eigenvalue weighted by Gasteiger charge is -2.50. The van der Waals surface area contributed by atoms with Gasteiger partial charge in [-0.05, 0) is 43.7 Å².